The zero-order chi connectivity index (χ0) is 48.9. The van der Waals surface area contributed by atoms with E-state index < -0.39 is 27.9 Å². The molecule has 0 saturated heterocycles. The Bertz CT molecular complexity index is 3220. The van der Waals surface area contributed by atoms with E-state index in [0.29, 0.717) is 0 Å². The Kier molecular flexibility index (Phi) is 13.1. The van der Waals surface area contributed by atoms with E-state index in [1.165, 1.54) is 21.5 Å². The monoisotopic (exact) mass is 1030 g/mol. The molecule has 8 heteroatoms. The van der Waals surface area contributed by atoms with E-state index in [4.69, 9.17) is 17.0 Å². The van der Waals surface area contributed by atoms with Crippen molar-refractivity contribution in [3.8, 4) is 44.5 Å². The van der Waals surface area contributed by atoms with Gasteiger partial charge in [0.25, 0.3) is 0 Å². The number of carbonyl (C=O) groups excluding carboxylic acids is 2. The molecular formula is C62H58BCl2N2O2Zr. The quantitative estimate of drug-likeness (QED) is 0.113. The molecule has 2 atom stereocenters. The number of rotatable bonds is 13. The molecule has 10 rings (SSSR count). The van der Waals surface area contributed by atoms with Crippen molar-refractivity contribution in [2.75, 3.05) is 0 Å². The predicted octanol–water partition coefficient (Wildman–Crippen LogP) is 16.6. The molecule has 2 N–H and O–H groups in total. The summed E-state index contributed by atoms with van der Waals surface area (Å²) in [5.41, 5.74) is 15.4. The van der Waals surface area contributed by atoms with Gasteiger partial charge in [0.15, 0.2) is 0 Å². The molecule has 0 fully saturated rings. The molecule has 2 amide bonds. The topological polar surface area (TPSA) is 58.2 Å². The van der Waals surface area contributed by atoms with Crippen LogP contribution in [0.2, 0.25) is 0 Å². The molecule has 2 aliphatic rings. The first-order valence-corrected chi connectivity index (χ1v) is 35.4. The van der Waals surface area contributed by atoms with Gasteiger partial charge in [-0.1, -0.05) is 0 Å². The molecule has 8 aromatic carbocycles. The van der Waals surface area contributed by atoms with E-state index in [1.54, 1.807) is 0 Å². The van der Waals surface area contributed by atoms with Gasteiger partial charge >= 0.3 is 425 Å². The van der Waals surface area contributed by atoms with Crippen molar-refractivity contribution in [1.82, 2.24) is 10.5 Å². The second-order valence-corrected chi connectivity index (χ2v) is 41.1. The van der Waals surface area contributed by atoms with Gasteiger partial charge in [-0.2, -0.15) is 0 Å². The van der Waals surface area contributed by atoms with Crippen LogP contribution in [0.15, 0.2) is 181 Å². The fourth-order valence-corrected chi connectivity index (χ4v) is 32.7. The van der Waals surface area contributed by atoms with Crippen molar-refractivity contribution in [2.24, 2.45) is 11.8 Å². The van der Waals surface area contributed by atoms with Gasteiger partial charge in [0.1, 0.15) is 0 Å². The number of carbonyl (C=O) groups is 2. The van der Waals surface area contributed by atoms with E-state index in [2.05, 4.69) is 220 Å². The molecule has 0 heterocycles. The Morgan fingerprint density at radius 3 is 1.16 bits per heavy atom. The standard InChI is InChI=1S/2C28H23.C6H11BN2O2.2ClH.Zr/c2*1-19(2)22-17-21-11-8-16-27(28(21)18-22)26-14-6-5-13-25(26)24-15-7-10-20-9-3-4-12-23(20)24;1-3-5(10)8-7-9-6(11)4-2;;;/h2*3-19H,1-2H3;3-4H2,1-2H3,(H-,8,9,10,11);2*1H;/q;;;;;+1/p-1. The second-order valence-electron chi connectivity index (χ2n) is 19.7. The number of allylic oxidation sites excluding steroid dienone is 2. The van der Waals surface area contributed by atoms with Crippen molar-refractivity contribution in [3.05, 3.63) is 203 Å². The third kappa shape index (κ3) is 8.05. The second kappa shape index (κ2) is 19.1. The Morgan fingerprint density at radius 2 is 0.771 bits per heavy atom. The Balaban J connectivity index is 1.24. The number of hydrogen-bond donors (Lipinski definition) is 2. The Morgan fingerprint density at radius 1 is 0.457 bits per heavy atom. The zero-order valence-electron chi connectivity index (χ0n) is 40.7. The molecular weight excluding hydrogens is 978 g/mol. The van der Waals surface area contributed by atoms with Crippen LogP contribution in [0.5, 0.6) is 0 Å². The summed E-state index contributed by atoms with van der Waals surface area (Å²) in [6.07, 6.45) is 5.07. The fraction of sp³-hybridized carbons (Fsp3) is 0.194. The molecule has 70 heavy (non-hydrogen) atoms. The van der Waals surface area contributed by atoms with Crippen molar-refractivity contribution in [2.45, 2.75) is 61.6 Å². The molecule has 0 aromatic heterocycles. The maximum atomic E-state index is 14.1. The summed E-state index contributed by atoms with van der Waals surface area (Å²) >= 11 is -6.25. The molecule has 2 unspecified atom stereocenters. The summed E-state index contributed by atoms with van der Waals surface area (Å²) in [5, 5.41) is 11.4. The summed E-state index contributed by atoms with van der Waals surface area (Å²) in [7, 11) is 18.3. The molecule has 0 spiro atoms. The average molecular weight is 1040 g/mol. The van der Waals surface area contributed by atoms with Gasteiger partial charge in [0.05, 0.1) is 0 Å². The molecule has 0 radical (unpaired) electrons. The molecule has 0 aliphatic heterocycles. The molecule has 4 nitrogen and oxygen atoms in total. The third-order valence-electron chi connectivity index (χ3n) is 15.0. The first-order valence-electron chi connectivity index (χ1n) is 24.8. The number of hydrogen-bond acceptors (Lipinski definition) is 2. The summed E-state index contributed by atoms with van der Waals surface area (Å²) in [4.78, 5) is 28.1. The first kappa shape index (κ1) is 47.9. The van der Waals surface area contributed by atoms with Gasteiger partial charge in [0.2, 0.25) is 0 Å². The van der Waals surface area contributed by atoms with Gasteiger partial charge in [-0.05, 0) is 0 Å². The summed E-state index contributed by atoms with van der Waals surface area (Å²) in [6, 6.07) is 60.5. The molecule has 0 bridgehead atoms. The minimum absolute atomic E-state index is 0.0135. The zero-order valence-corrected chi connectivity index (χ0v) is 44.7. The summed E-state index contributed by atoms with van der Waals surface area (Å²) in [6.45, 7) is 12.5. The Hall–Kier alpha value is -5.77. The van der Waals surface area contributed by atoms with Crippen molar-refractivity contribution >= 4 is 67.1 Å². The van der Waals surface area contributed by atoms with Gasteiger partial charge < -0.3 is 0 Å². The minimum atomic E-state index is -6.25. The number of amides is 2. The third-order valence-corrected chi connectivity index (χ3v) is 34.8. The van der Waals surface area contributed by atoms with Gasteiger partial charge in [0, 0.05) is 0 Å². The number of benzene rings is 8. The van der Waals surface area contributed by atoms with Crippen LogP contribution < -0.4 is 10.5 Å². The van der Waals surface area contributed by atoms with Gasteiger partial charge in [-0.15, -0.1) is 0 Å². The van der Waals surface area contributed by atoms with E-state index in [9.17, 15) is 9.59 Å². The van der Waals surface area contributed by atoms with Crippen LogP contribution in [0.3, 0.4) is 0 Å². The van der Waals surface area contributed by atoms with Crippen LogP contribution in [0.4, 0.5) is 0 Å². The van der Waals surface area contributed by atoms with E-state index in [1.807, 2.05) is 13.8 Å². The van der Waals surface area contributed by atoms with Crippen LogP contribution in [-0.2, 0) is 25.8 Å². The number of halogens is 2. The van der Waals surface area contributed by atoms with E-state index in [-0.39, 0.29) is 36.5 Å². The molecule has 2 aliphatic carbocycles. The average Bonchev–Trinajstić information content (AvgIpc) is 4.00. The van der Waals surface area contributed by atoms with Crippen LogP contribution in [0, 0.1) is 11.8 Å². The molecule has 349 valence electrons. The normalized spacial score (nSPS) is 15.8. The van der Waals surface area contributed by atoms with Gasteiger partial charge in [-0.25, -0.2) is 0 Å². The SMILES string of the molecule is CCC(=O)N[B](NC(=O)CC)[Zr]([Cl])([Cl])([CH]1C(C(C)C)=Cc2c(-c3ccccc3-c3cccc4ccccc34)cccc21)[CH]1C(C(C)C)=Cc2c(-c3ccccc3-c3cccc4ccccc34)cccc21. The molecule has 8 aromatic rings. The van der Waals surface area contributed by atoms with Crippen LogP contribution in [0.1, 0.15) is 83.9 Å². The van der Waals surface area contributed by atoms with Crippen molar-refractivity contribution < 1.29 is 25.8 Å². The van der Waals surface area contributed by atoms with Crippen LogP contribution >= 0.6 is 17.0 Å². The predicted molar refractivity (Wildman–Crippen MR) is 295 cm³/mol. The summed E-state index contributed by atoms with van der Waals surface area (Å²) in [5.74, 6) is -0.417. The summed E-state index contributed by atoms with van der Waals surface area (Å²) < 4.78 is -2.04. The van der Waals surface area contributed by atoms with Gasteiger partial charge in [-0.3, -0.25) is 0 Å². The van der Waals surface area contributed by atoms with Crippen LogP contribution in [-0.4, -0.2) is 16.3 Å². The fourth-order valence-electron chi connectivity index (χ4n) is 11.7. The van der Waals surface area contributed by atoms with Crippen molar-refractivity contribution in [1.29, 1.82) is 0 Å². The number of nitrogens with one attached hydrogen (secondary N) is 2. The van der Waals surface area contributed by atoms with E-state index >= 15 is 0 Å². The van der Waals surface area contributed by atoms with Crippen LogP contribution in [0.25, 0.3) is 78.2 Å². The van der Waals surface area contributed by atoms with Crippen molar-refractivity contribution in [3.63, 3.8) is 0 Å². The maximum absolute atomic E-state index is 14.1. The number of fused-ring (bicyclic) bond motifs is 4. The van der Waals surface area contributed by atoms with E-state index in [0.717, 1.165) is 77.9 Å². The first-order chi connectivity index (χ1) is 33.8. The molecule has 0 saturated carbocycles. The Labute approximate surface area is 421 Å².